The van der Waals surface area contributed by atoms with E-state index in [-0.39, 0.29) is 18.0 Å². The summed E-state index contributed by atoms with van der Waals surface area (Å²) in [7, 11) is 0. The van der Waals surface area contributed by atoms with Crippen molar-refractivity contribution in [3.8, 4) is 5.75 Å². The normalized spacial score (nSPS) is 14.2. The molecule has 0 aliphatic rings. The van der Waals surface area contributed by atoms with Crippen LogP contribution in [-0.2, 0) is 0 Å². The smallest absolute Gasteiger partial charge is 0.160 e. The molecule has 0 fully saturated rings. The van der Waals surface area contributed by atoms with E-state index in [1.54, 1.807) is 6.08 Å². The third-order valence-electron chi connectivity index (χ3n) is 1.84. The van der Waals surface area contributed by atoms with Gasteiger partial charge in [0.2, 0.25) is 0 Å². The number of benzene rings is 1. The number of rotatable bonds is 5. The number of nitrogen functional groups attached to an aromatic ring is 2. The molecular weight excluding hydrogens is 212 g/mol. The second-order valence-electron chi connectivity index (χ2n) is 3.07. The first-order valence-electron chi connectivity index (χ1n) is 4.53. The van der Waals surface area contributed by atoms with Crippen LogP contribution in [0.5, 0.6) is 5.75 Å². The van der Waals surface area contributed by atoms with E-state index in [0.29, 0.717) is 5.75 Å². The Bertz CT molecular complexity index is 342. The van der Waals surface area contributed by atoms with E-state index in [1.807, 2.05) is 0 Å². The predicted octanol–water partition coefficient (Wildman–Crippen LogP) is -1.97. The Balaban J connectivity index is 3.03. The highest BCUT2D eigenvalue weighted by Crippen LogP contribution is 2.19. The first-order valence-corrected chi connectivity index (χ1v) is 4.53. The Labute approximate surface area is 92.6 Å². The van der Waals surface area contributed by atoms with Crippen LogP contribution < -0.4 is 26.8 Å². The SMILES string of the molecule is C=CCOc1cc([NH+](N)[O-])cc([NH+](N)[O-])c1. The molecule has 0 saturated carbocycles. The molecular formula is C9H14N4O3. The zero-order valence-electron chi connectivity index (χ0n) is 8.60. The van der Waals surface area contributed by atoms with Crippen molar-refractivity contribution in [1.29, 1.82) is 0 Å². The molecule has 0 saturated heterocycles. The summed E-state index contributed by atoms with van der Waals surface area (Å²) in [6.45, 7) is 3.75. The summed E-state index contributed by atoms with van der Waals surface area (Å²) in [4.78, 5) is 0. The molecule has 2 unspecified atom stereocenters. The van der Waals surface area contributed by atoms with Gasteiger partial charge in [0, 0.05) is 12.1 Å². The van der Waals surface area contributed by atoms with Crippen molar-refractivity contribution < 1.29 is 15.1 Å². The highest BCUT2D eigenvalue weighted by Gasteiger charge is 2.09. The van der Waals surface area contributed by atoms with Gasteiger partial charge in [-0.1, -0.05) is 12.7 Å². The zero-order chi connectivity index (χ0) is 12.1. The average molecular weight is 226 g/mol. The lowest BCUT2D eigenvalue weighted by molar-refractivity contribution is -0.796. The first-order chi connectivity index (χ1) is 7.54. The van der Waals surface area contributed by atoms with E-state index in [0.717, 1.165) is 0 Å². The molecule has 0 aromatic heterocycles. The minimum Gasteiger partial charge on any atom is -0.608 e. The molecule has 7 nitrogen and oxygen atoms in total. The molecule has 7 heteroatoms. The summed E-state index contributed by atoms with van der Waals surface area (Å²) in [6.07, 6.45) is 1.54. The maximum Gasteiger partial charge on any atom is 0.160 e. The van der Waals surface area contributed by atoms with E-state index >= 15 is 0 Å². The molecule has 0 spiro atoms. The van der Waals surface area contributed by atoms with Gasteiger partial charge in [0.05, 0.1) is 6.07 Å². The maximum absolute atomic E-state index is 11.0. The number of ether oxygens (including phenoxy) is 1. The van der Waals surface area contributed by atoms with Crippen molar-refractivity contribution in [2.24, 2.45) is 11.7 Å². The number of hydrogen-bond donors (Lipinski definition) is 4. The van der Waals surface area contributed by atoms with Crippen LogP contribution in [0, 0.1) is 10.4 Å². The van der Waals surface area contributed by atoms with Crippen LogP contribution in [0.4, 0.5) is 11.4 Å². The van der Waals surface area contributed by atoms with Crippen LogP contribution in [0.1, 0.15) is 0 Å². The summed E-state index contributed by atoms with van der Waals surface area (Å²) in [5, 5.41) is 20.7. The van der Waals surface area contributed by atoms with Crippen molar-refractivity contribution in [3.05, 3.63) is 41.3 Å². The Kier molecular flexibility index (Phi) is 4.38. The summed E-state index contributed by atoms with van der Waals surface area (Å²) < 4.78 is 5.20. The second-order valence-corrected chi connectivity index (χ2v) is 3.07. The first kappa shape index (κ1) is 12.6. The van der Waals surface area contributed by atoms with E-state index in [4.69, 9.17) is 16.4 Å². The van der Waals surface area contributed by atoms with E-state index in [1.165, 1.54) is 18.2 Å². The molecule has 0 aliphatic carbocycles. The van der Waals surface area contributed by atoms with E-state index in [9.17, 15) is 10.4 Å². The molecule has 16 heavy (non-hydrogen) atoms. The second kappa shape index (κ2) is 5.56. The third-order valence-corrected chi connectivity index (χ3v) is 1.84. The fraction of sp³-hybridized carbons (Fsp3) is 0.111. The van der Waals surface area contributed by atoms with Crippen molar-refractivity contribution >= 4 is 11.4 Å². The molecule has 0 radical (unpaired) electrons. The lowest BCUT2D eigenvalue weighted by Crippen LogP contribution is -3.09. The van der Waals surface area contributed by atoms with E-state index in [2.05, 4.69) is 6.58 Å². The van der Waals surface area contributed by atoms with Crippen LogP contribution in [-0.4, -0.2) is 6.61 Å². The van der Waals surface area contributed by atoms with Gasteiger partial charge in [0.25, 0.3) is 0 Å². The largest absolute Gasteiger partial charge is 0.608 e. The molecule has 1 aromatic rings. The highest BCUT2D eigenvalue weighted by molar-refractivity contribution is 5.49. The van der Waals surface area contributed by atoms with Crippen LogP contribution in [0.2, 0.25) is 0 Å². The van der Waals surface area contributed by atoms with Crippen molar-refractivity contribution in [3.63, 3.8) is 0 Å². The molecule has 0 heterocycles. The minimum atomic E-state index is -0.647. The maximum atomic E-state index is 11.0. The Morgan fingerprint density at radius 2 is 1.69 bits per heavy atom. The standard InChI is InChI=1S/C9H14N4O3/c1-2-3-16-9-5-7(12(10)14)4-8(6-9)13(11)15/h2,4-6,12-13H,1,3,10-11H2. The summed E-state index contributed by atoms with van der Waals surface area (Å²) in [6, 6.07) is 4.21. The minimum absolute atomic E-state index is 0.176. The van der Waals surface area contributed by atoms with Crippen LogP contribution in [0.3, 0.4) is 0 Å². The van der Waals surface area contributed by atoms with Gasteiger partial charge in [-0.2, -0.15) is 11.7 Å². The summed E-state index contributed by atoms with van der Waals surface area (Å²) in [5.74, 6) is 10.6. The Morgan fingerprint density at radius 1 is 1.19 bits per heavy atom. The van der Waals surface area contributed by atoms with Crippen molar-refractivity contribution in [2.75, 3.05) is 6.61 Å². The fourth-order valence-corrected chi connectivity index (χ4v) is 1.12. The van der Waals surface area contributed by atoms with Crippen LogP contribution in [0.25, 0.3) is 0 Å². The number of nitrogens with two attached hydrogens (primary N) is 2. The van der Waals surface area contributed by atoms with Gasteiger partial charge in [-0.15, -0.1) is 0 Å². The molecule has 1 aromatic carbocycles. The summed E-state index contributed by atoms with van der Waals surface area (Å²) >= 11 is 0. The lowest BCUT2D eigenvalue weighted by atomic mass is 10.2. The van der Waals surface area contributed by atoms with Gasteiger partial charge in [-0.05, 0) is 0 Å². The van der Waals surface area contributed by atoms with Gasteiger partial charge >= 0.3 is 0 Å². The van der Waals surface area contributed by atoms with Gasteiger partial charge in [0.15, 0.2) is 11.4 Å². The predicted molar refractivity (Wildman–Crippen MR) is 58.5 cm³/mol. The molecule has 6 N–H and O–H groups in total. The summed E-state index contributed by atoms with van der Waals surface area (Å²) in [5.41, 5.74) is 0.353. The van der Waals surface area contributed by atoms with Crippen molar-refractivity contribution in [1.82, 2.24) is 0 Å². The van der Waals surface area contributed by atoms with E-state index < -0.39 is 10.3 Å². The van der Waals surface area contributed by atoms with Crippen molar-refractivity contribution in [2.45, 2.75) is 0 Å². The number of hydrogen-bond acceptors (Lipinski definition) is 5. The molecule has 1 rings (SSSR count). The van der Waals surface area contributed by atoms with Gasteiger partial charge < -0.3 is 15.2 Å². The quantitative estimate of drug-likeness (QED) is 0.264. The topological polar surface area (TPSA) is 116 Å². The van der Waals surface area contributed by atoms with Gasteiger partial charge in [0.1, 0.15) is 12.4 Å². The Hall–Kier alpha value is -1.48. The monoisotopic (exact) mass is 226 g/mol. The highest BCUT2D eigenvalue weighted by atomic mass is 16.5. The molecule has 0 aliphatic heterocycles. The molecule has 0 amide bonds. The zero-order valence-corrected chi connectivity index (χ0v) is 8.60. The molecule has 0 bridgehead atoms. The van der Waals surface area contributed by atoms with Gasteiger partial charge in [-0.3, -0.25) is 10.3 Å². The molecule has 88 valence electrons. The molecule has 2 atom stereocenters. The average Bonchev–Trinajstić information content (AvgIpc) is 2.25. The van der Waals surface area contributed by atoms with Crippen LogP contribution in [0.15, 0.2) is 30.9 Å². The third kappa shape index (κ3) is 3.28. The number of quaternary nitrogens is 2. The lowest BCUT2D eigenvalue weighted by Gasteiger charge is -2.19. The number of nitrogens with one attached hydrogen (secondary N) is 2. The fourth-order valence-electron chi connectivity index (χ4n) is 1.12. The Morgan fingerprint density at radius 3 is 2.06 bits per heavy atom. The van der Waals surface area contributed by atoms with Gasteiger partial charge in [-0.25, -0.2) is 0 Å². The van der Waals surface area contributed by atoms with Crippen LogP contribution >= 0.6 is 0 Å².